The lowest BCUT2D eigenvalue weighted by Crippen LogP contribution is -2.15. The molecular weight excluding hydrogens is 272 g/mol. The van der Waals surface area contributed by atoms with Crippen LogP contribution in [0.15, 0.2) is 29.4 Å². The number of aryl methyl sites for hydroxylation is 1. The van der Waals surface area contributed by atoms with Crippen LogP contribution in [0.2, 0.25) is 0 Å². The molecule has 0 aliphatic carbocycles. The van der Waals surface area contributed by atoms with Crippen LogP contribution in [0.3, 0.4) is 0 Å². The maximum atomic E-state index is 11.3. The second kappa shape index (κ2) is 6.08. The standard InChI is InChI=1S/C14H16N4O3/c1-18-13(14(15)19)10(8-17-18)16-7-9-4-5-11(20-2)12(6-9)21-3/h4-8H,1-3H3,(H2,15,19). The molecule has 0 bridgehead atoms. The first kappa shape index (κ1) is 14.6. The Bertz CT molecular complexity index is 692. The Kier molecular flexibility index (Phi) is 4.22. The molecule has 110 valence electrons. The number of ether oxygens (including phenoxy) is 2. The second-order valence-corrected chi connectivity index (χ2v) is 4.24. The largest absolute Gasteiger partial charge is 0.493 e. The average molecular weight is 288 g/mol. The summed E-state index contributed by atoms with van der Waals surface area (Å²) in [4.78, 5) is 15.6. The van der Waals surface area contributed by atoms with E-state index in [2.05, 4.69) is 10.1 Å². The minimum absolute atomic E-state index is 0.256. The Morgan fingerprint density at radius 2 is 2.05 bits per heavy atom. The molecule has 7 heteroatoms. The van der Waals surface area contributed by atoms with Crippen molar-refractivity contribution in [2.24, 2.45) is 17.8 Å². The van der Waals surface area contributed by atoms with E-state index in [1.54, 1.807) is 39.6 Å². The molecule has 0 fully saturated rings. The van der Waals surface area contributed by atoms with E-state index in [9.17, 15) is 4.79 Å². The SMILES string of the molecule is COc1ccc(C=Nc2cnn(C)c2C(N)=O)cc1OC. The smallest absolute Gasteiger partial charge is 0.269 e. The highest BCUT2D eigenvalue weighted by Crippen LogP contribution is 2.27. The number of methoxy groups -OCH3 is 2. The molecule has 21 heavy (non-hydrogen) atoms. The van der Waals surface area contributed by atoms with Crippen molar-refractivity contribution in [3.63, 3.8) is 0 Å². The summed E-state index contributed by atoms with van der Waals surface area (Å²) in [6, 6.07) is 5.38. The van der Waals surface area contributed by atoms with E-state index >= 15 is 0 Å². The number of hydrogen-bond acceptors (Lipinski definition) is 5. The molecular formula is C14H16N4O3. The molecule has 0 saturated heterocycles. The Hall–Kier alpha value is -2.83. The van der Waals surface area contributed by atoms with Crippen LogP contribution >= 0.6 is 0 Å². The van der Waals surface area contributed by atoms with Crippen molar-refractivity contribution in [2.75, 3.05) is 14.2 Å². The van der Waals surface area contributed by atoms with E-state index in [1.165, 1.54) is 10.9 Å². The van der Waals surface area contributed by atoms with Gasteiger partial charge in [-0.2, -0.15) is 5.10 Å². The van der Waals surface area contributed by atoms with Crippen LogP contribution in [-0.4, -0.2) is 36.1 Å². The van der Waals surface area contributed by atoms with Crippen LogP contribution in [0.25, 0.3) is 0 Å². The maximum absolute atomic E-state index is 11.3. The Balaban J connectivity index is 2.32. The van der Waals surface area contributed by atoms with Crippen LogP contribution in [0, 0.1) is 0 Å². The summed E-state index contributed by atoms with van der Waals surface area (Å²) < 4.78 is 11.8. The van der Waals surface area contributed by atoms with Crippen molar-refractivity contribution in [1.82, 2.24) is 9.78 Å². The fourth-order valence-corrected chi connectivity index (χ4v) is 1.88. The molecule has 0 aliphatic rings. The number of aliphatic imine (C=N–C) groups is 1. The molecule has 0 atom stereocenters. The van der Waals surface area contributed by atoms with Gasteiger partial charge in [0, 0.05) is 13.3 Å². The first-order valence-electron chi connectivity index (χ1n) is 6.14. The first-order valence-corrected chi connectivity index (χ1v) is 6.14. The fraction of sp³-hybridized carbons (Fsp3) is 0.214. The van der Waals surface area contributed by atoms with Gasteiger partial charge in [0.2, 0.25) is 0 Å². The average Bonchev–Trinajstić information content (AvgIpc) is 2.85. The normalized spacial score (nSPS) is 10.8. The van der Waals surface area contributed by atoms with Crippen LogP contribution in [-0.2, 0) is 7.05 Å². The van der Waals surface area contributed by atoms with Crippen LogP contribution in [0.4, 0.5) is 5.69 Å². The van der Waals surface area contributed by atoms with Gasteiger partial charge in [0.1, 0.15) is 5.69 Å². The third kappa shape index (κ3) is 3.02. The third-order valence-electron chi connectivity index (χ3n) is 2.91. The van der Waals surface area contributed by atoms with Gasteiger partial charge in [0.05, 0.1) is 20.4 Å². The molecule has 0 aliphatic heterocycles. The van der Waals surface area contributed by atoms with Crippen LogP contribution in [0.5, 0.6) is 11.5 Å². The molecule has 0 radical (unpaired) electrons. The molecule has 2 aromatic rings. The maximum Gasteiger partial charge on any atom is 0.269 e. The lowest BCUT2D eigenvalue weighted by atomic mass is 10.2. The number of rotatable bonds is 5. The minimum Gasteiger partial charge on any atom is -0.493 e. The number of hydrogen-bond donors (Lipinski definition) is 1. The van der Waals surface area contributed by atoms with E-state index in [0.717, 1.165) is 5.56 Å². The second-order valence-electron chi connectivity index (χ2n) is 4.24. The molecule has 2 N–H and O–H groups in total. The highest BCUT2D eigenvalue weighted by Gasteiger charge is 2.12. The Morgan fingerprint density at radius 1 is 1.33 bits per heavy atom. The molecule has 1 heterocycles. The molecule has 0 unspecified atom stereocenters. The van der Waals surface area contributed by atoms with Crippen molar-refractivity contribution >= 4 is 17.8 Å². The predicted molar refractivity (Wildman–Crippen MR) is 78.5 cm³/mol. The van der Waals surface area contributed by atoms with E-state index in [-0.39, 0.29) is 5.69 Å². The van der Waals surface area contributed by atoms with Crippen molar-refractivity contribution in [1.29, 1.82) is 0 Å². The number of primary amides is 1. The van der Waals surface area contributed by atoms with Gasteiger partial charge in [-0.25, -0.2) is 0 Å². The first-order chi connectivity index (χ1) is 10.1. The molecule has 0 spiro atoms. The zero-order chi connectivity index (χ0) is 15.4. The topological polar surface area (TPSA) is 91.7 Å². The Morgan fingerprint density at radius 3 is 2.67 bits per heavy atom. The van der Waals surface area contributed by atoms with E-state index < -0.39 is 5.91 Å². The van der Waals surface area contributed by atoms with Crippen molar-refractivity contribution in [3.8, 4) is 11.5 Å². The van der Waals surface area contributed by atoms with Crippen molar-refractivity contribution in [2.45, 2.75) is 0 Å². The van der Waals surface area contributed by atoms with Crippen molar-refractivity contribution in [3.05, 3.63) is 35.7 Å². The lowest BCUT2D eigenvalue weighted by Gasteiger charge is -2.07. The summed E-state index contributed by atoms with van der Waals surface area (Å²) in [5.41, 5.74) is 6.77. The summed E-state index contributed by atoms with van der Waals surface area (Å²) in [7, 11) is 4.76. The van der Waals surface area contributed by atoms with Crippen LogP contribution < -0.4 is 15.2 Å². The molecule has 1 aromatic carbocycles. The van der Waals surface area contributed by atoms with Gasteiger partial charge in [-0.05, 0) is 23.8 Å². The highest BCUT2D eigenvalue weighted by molar-refractivity contribution is 5.97. The number of carbonyl (C=O) groups excluding carboxylic acids is 1. The van der Waals surface area contributed by atoms with Gasteiger partial charge in [-0.3, -0.25) is 14.5 Å². The lowest BCUT2D eigenvalue weighted by molar-refractivity contribution is 0.0992. The van der Waals surface area contributed by atoms with Gasteiger partial charge < -0.3 is 15.2 Å². The Labute approximate surface area is 122 Å². The van der Waals surface area contributed by atoms with Crippen molar-refractivity contribution < 1.29 is 14.3 Å². The molecule has 2 rings (SSSR count). The fourth-order valence-electron chi connectivity index (χ4n) is 1.88. The molecule has 7 nitrogen and oxygen atoms in total. The number of benzene rings is 1. The molecule has 1 amide bonds. The summed E-state index contributed by atoms with van der Waals surface area (Å²) in [6.45, 7) is 0. The number of amides is 1. The summed E-state index contributed by atoms with van der Waals surface area (Å²) in [6.07, 6.45) is 3.09. The zero-order valence-electron chi connectivity index (χ0n) is 12.0. The van der Waals surface area contributed by atoms with Gasteiger partial charge in [-0.1, -0.05) is 0 Å². The summed E-state index contributed by atoms with van der Waals surface area (Å²) in [5, 5.41) is 3.97. The summed E-state index contributed by atoms with van der Waals surface area (Å²) >= 11 is 0. The monoisotopic (exact) mass is 288 g/mol. The molecule has 0 saturated carbocycles. The van der Waals surface area contributed by atoms with Gasteiger partial charge >= 0.3 is 0 Å². The number of aromatic nitrogens is 2. The number of nitrogens with two attached hydrogens (primary N) is 1. The number of carbonyl (C=O) groups is 1. The zero-order valence-corrected chi connectivity index (χ0v) is 12.0. The van der Waals surface area contributed by atoms with E-state index in [1.807, 2.05) is 6.07 Å². The van der Waals surface area contributed by atoms with Gasteiger partial charge in [0.15, 0.2) is 17.2 Å². The molecule has 1 aromatic heterocycles. The minimum atomic E-state index is -0.575. The third-order valence-corrected chi connectivity index (χ3v) is 2.91. The number of nitrogens with zero attached hydrogens (tertiary/aromatic N) is 3. The van der Waals surface area contributed by atoms with E-state index in [0.29, 0.717) is 17.2 Å². The van der Waals surface area contributed by atoms with Gasteiger partial charge in [0.25, 0.3) is 5.91 Å². The quantitative estimate of drug-likeness (QED) is 0.839. The predicted octanol–water partition coefficient (Wildman–Crippen LogP) is 1.29. The highest BCUT2D eigenvalue weighted by atomic mass is 16.5. The van der Waals surface area contributed by atoms with Crippen LogP contribution in [0.1, 0.15) is 16.1 Å². The van der Waals surface area contributed by atoms with Gasteiger partial charge in [-0.15, -0.1) is 0 Å². The summed E-state index contributed by atoms with van der Waals surface area (Å²) in [5.74, 6) is 0.658. The van der Waals surface area contributed by atoms with E-state index in [4.69, 9.17) is 15.2 Å².